The number of nitrogens with one attached hydrogen (secondary N) is 1. The van der Waals surface area contributed by atoms with Gasteiger partial charge in [-0.15, -0.1) is 0 Å². The lowest BCUT2D eigenvalue weighted by molar-refractivity contribution is -0.149. The first-order chi connectivity index (χ1) is 8.95. The topological polar surface area (TPSA) is 66.4 Å². The van der Waals surface area contributed by atoms with Gasteiger partial charge in [-0.25, -0.2) is 4.39 Å². The minimum atomic E-state index is -1.25. The maximum Gasteiger partial charge on any atom is 0.319 e. The molecule has 4 nitrogen and oxygen atoms in total. The Kier molecular flexibility index (Phi) is 3.55. The van der Waals surface area contributed by atoms with Crippen LogP contribution in [0.25, 0.3) is 0 Å². The molecule has 1 aromatic rings. The molecule has 0 saturated heterocycles. The number of amides is 1. The standard InChI is InChI=1S/C14H16FNO3/c1-9(8-10-4-2-3-5-11(10)15)16-12(17)14(6-7-14)13(18)19/h2-5,9H,6-8H2,1H3,(H,16,17)(H,18,19)/t9-/m0/s1. The molecule has 2 N–H and O–H groups in total. The van der Waals surface area contributed by atoms with Crippen molar-refractivity contribution in [3.05, 3.63) is 35.6 Å². The molecule has 19 heavy (non-hydrogen) atoms. The Labute approximate surface area is 110 Å². The van der Waals surface area contributed by atoms with Crippen molar-refractivity contribution in [1.29, 1.82) is 0 Å². The molecule has 102 valence electrons. The average Bonchev–Trinajstić information content (AvgIpc) is 3.13. The number of hydrogen-bond donors (Lipinski definition) is 2. The van der Waals surface area contributed by atoms with E-state index < -0.39 is 17.3 Å². The average molecular weight is 265 g/mol. The fraction of sp³-hybridized carbons (Fsp3) is 0.429. The van der Waals surface area contributed by atoms with Crippen LogP contribution in [0.15, 0.2) is 24.3 Å². The van der Waals surface area contributed by atoms with Gasteiger partial charge in [-0.3, -0.25) is 9.59 Å². The number of hydrogen-bond acceptors (Lipinski definition) is 2. The molecule has 0 unspecified atom stereocenters. The van der Waals surface area contributed by atoms with E-state index in [1.165, 1.54) is 6.07 Å². The molecular weight excluding hydrogens is 249 g/mol. The molecule has 2 rings (SSSR count). The Hall–Kier alpha value is -1.91. The van der Waals surface area contributed by atoms with Gasteiger partial charge in [-0.1, -0.05) is 18.2 Å². The summed E-state index contributed by atoms with van der Waals surface area (Å²) >= 11 is 0. The fourth-order valence-corrected chi connectivity index (χ4v) is 2.07. The second-order valence-electron chi connectivity index (χ2n) is 5.06. The third-order valence-corrected chi connectivity index (χ3v) is 3.46. The third-order valence-electron chi connectivity index (χ3n) is 3.46. The molecule has 0 spiro atoms. The number of benzene rings is 1. The number of carboxylic acids is 1. The number of halogens is 1. The molecule has 1 fully saturated rings. The highest BCUT2D eigenvalue weighted by molar-refractivity contribution is 6.04. The van der Waals surface area contributed by atoms with Crippen molar-refractivity contribution >= 4 is 11.9 Å². The predicted molar refractivity (Wildman–Crippen MR) is 67.0 cm³/mol. The molecule has 1 amide bonds. The first-order valence-electron chi connectivity index (χ1n) is 6.23. The summed E-state index contributed by atoms with van der Waals surface area (Å²) in [5.74, 6) is -1.87. The van der Waals surface area contributed by atoms with Crippen molar-refractivity contribution in [1.82, 2.24) is 5.32 Å². The molecule has 1 saturated carbocycles. The van der Waals surface area contributed by atoms with Crippen molar-refractivity contribution in [2.75, 3.05) is 0 Å². The highest BCUT2D eigenvalue weighted by atomic mass is 19.1. The Bertz CT molecular complexity index is 511. The van der Waals surface area contributed by atoms with Gasteiger partial charge in [0.25, 0.3) is 0 Å². The number of aliphatic carboxylic acids is 1. The smallest absolute Gasteiger partial charge is 0.319 e. The summed E-state index contributed by atoms with van der Waals surface area (Å²) in [4.78, 5) is 22.9. The van der Waals surface area contributed by atoms with E-state index in [0.717, 1.165) is 0 Å². The Morgan fingerprint density at radius 1 is 1.42 bits per heavy atom. The highest BCUT2D eigenvalue weighted by Crippen LogP contribution is 2.46. The van der Waals surface area contributed by atoms with E-state index in [-0.39, 0.29) is 11.9 Å². The first-order valence-corrected chi connectivity index (χ1v) is 6.23. The number of carbonyl (C=O) groups excluding carboxylic acids is 1. The Morgan fingerprint density at radius 2 is 2.05 bits per heavy atom. The van der Waals surface area contributed by atoms with E-state index in [2.05, 4.69) is 5.32 Å². The van der Waals surface area contributed by atoms with Gasteiger partial charge in [-0.2, -0.15) is 0 Å². The Morgan fingerprint density at radius 3 is 2.58 bits per heavy atom. The molecule has 0 bridgehead atoms. The van der Waals surface area contributed by atoms with Gasteiger partial charge in [0.1, 0.15) is 11.2 Å². The zero-order valence-corrected chi connectivity index (χ0v) is 10.6. The van der Waals surface area contributed by atoms with Gasteiger partial charge in [0.15, 0.2) is 0 Å². The quantitative estimate of drug-likeness (QED) is 0.797. The van der Waals surface area contributed by atoms with Crippen molar-refractivity contribution in [3.63, 3.8) is 0 Å². The van der Waals surface area contributed by atoms with Gasteiger partial charge in [-0.05, 0) is 37.8 Å². The second kappa shape index (κ2) is 4.99. The van der Waals surface area contributed by atoms with Crippen LogP contribution in [-0.2, 0) is 16.0 Å². The van der Waals surface area contributed by atoms with Gasteiger partial charge in [0.05, 0.1) is 0 Å². The number of rotatable bonds is 5. The maximum atomic E-state index is 13.5. The van der Waals surface area contributed by atoms with E-state index in [1.54, 1.807) is 25.1 Å². The van der Waals surface area contributed by atoms with Crippen molar-refractivity contribution in [3.8, 4) is 0 Å². The van der Waals surface area contributed by atoms with Crippen molar-refractivity contribution < 1.29 is 19.1 Å². The summed E-state index contributed by atoms with van der Waals surface area (Å²) in [6.45, 7) is 1.74. The van der Waals surface area contributed by atoms with Gasteiger partial charge < -0.3 is 10.4 Å². The highest BCUT2D eigenvalue weighted by Gasteiger charge is 2.57. The van der Waals surface area contributed by atoms with Crippen LogP contribution in [0.2, 0.25) is 0 Å². The monoisotopic (exact) mass is 265 g/mol. The van der Waals surface area contributed by atoms with Gasteiger partial charge in [0, 0.05) is 6.04 Å². The molecular formula is C14H16FNO3. The summed E-state index contributed by atoms with van der Waals surface area (Å²) in [6, 6.07) is 6.05. The van der Waals surface area contributed by atoms with E-state index in [1.807, 2.05) is 0 Å². The lowest BCUT2D eigenvalue weighted by Crippen LogP contribution is -2.42. The van der Waals surface area contributed by atoms with Crippen LogP contribution in [0.5, 0.6) is 0 Å². The minimum Gasteiger partial charge on any atom is -0.480 e. The zero-order chi connectivity index (χ0) is 14.0. The SMILES string of the molecule is C[C@@H](Cc1ccccc1F)NC(=O)C1(C(=O)O)CC1. The molecule has 0 aromatic heterocycles. The van der Waals surface area contributed by atoms with E-state index in [9.17, 15) is 14.0 Å². The van der Waals surface area contributed by atoms with Crippen LogP contribution in [0.3, 0.4) is 0 Å². The van der Waals surface area contributed by atoms with Crippen LogP contribution >= 0.6 is 0 Å². The van der Waals surface area contributed by atoms with E-state index in [0.29, 0.717) is 24.8 Å². The zero-order valence-electron chi connectivity index (χ0n) is 10.6. The summed E-state index contributed by atoms with van der Waals surface area (Å²) < 4.78 is 13.5. The third kappa shape index (κ3) is 2.75. The van der Waals surface area contributed by atoms with Crippen molar-refractivity contribution in [2.45, 2.75) is 32.2 Å². The molecule has 0 heterocycles. The molecule has 0 aliphatic heterocycles. The summed E-state index contributed by atoms with van der Waals surface area (Å²) in [5, 5.41) is 11.7. The molecule has 0 radical (unpaired) electrons. The number of carboxylic acid groups (broad SMARTS) is 1. The van der Waals surface area contributed by atoms with Gasteiger partial charge >= 0.3 is 5.97 Å². The molecule has 1 atom stereocenters. The summed E-state index contributed by atoms with van der Waals surface area (Å²) in [5.41, 5.74) is -0.737. The normalized spacial score (nSPS) is 17.6. The summed E-state index contributed by atoms with van der Waals surface area (Å²) in [7, 11) is 0. The van der Waals surface area contributed by atoms with Crippen LogP contribution in [0, 0.1) is 11.2 Å². The first kappa shape index (κ1) is 13.5. The number of carbonyl (C=O) groups is 2. The fourth-order valence-electron chi connectivity index (χ4n) is 2.07. The minimum absolute atomic E-state index is 0.304. The van der Waals surface area contributed by atoms with Crippen LogP contribution in [0.1, 0.15) is 25.3 Å². The molecule has 1 aliphatic carbocycles. The molecule has 5 heteroatoms. The van der Waals surface area contributed by atoms with Gasteiger partial charge in [0.2, 0.25) is 5.91 Å². The Balaban J connectivity index is 1.95. The van der Waals surface area contributed by atoms with E-state index in [4.69, 9.17) is 5.11 Å². The van der Waals surface area contributed by atoms with Crippen LogP contribution in [0.4, 0.5) is 4.39 Å². The second-order valence-corrected chi connectivity index (χ2v) is 5.06. The summed E-state index contributed by atoms with van der Waals surface area (Å²) in [6.07, 6.45) is 1.09. The van der Waals surface area contributed by atoms with Crippen molar-refractivity contribution in [2.24, 2.45) is 5.41 Å². The maximum absolute atomic E-state index is 13.5. The predicted octanol–water partition coefficient (Wildman–Crippen LogP) is 1.74. The molecule has 1 aliphatic rings. The van der Waals surface area contributed by atoms with E-state index >= 15 is 0 Å². The van der Waals surface area contributed by atoms with Crippen LogP contribution < -0.4 is 5.32 Å². The lowest BCUT2D eigenvalue weighted by Gasteiger charge is -2.17. The lowest BCUT2D eigenvalue weighted by atomic mass is 10.0. The molecule has 1 aromatic carbocycles. The largest absolute Gasteiger partial charge is 0.480 e. The van der Waals surface area contributed by atoms with Crippen LogP contribution in [-0.4, -0.2) is 23.0 Å².